The lowest BCUT2D eigenvalue weighted by Crippen LogP contribution is -2.55. The second-order valence-electron chi connectivity index (χ2n) is 6.88. The molecule has 1 aliphatic carbocycles. The van der Waals surface area contributed by atoms with Gasteiger partial charge < -0.3 is 10.6 Å². The number of aromatic nitrogens is 3. The minimum atomic E-state index is -1.09. The van der Waals surface area contributed by atoms with E-state index in [9.17, 15) is 18.0 Å². The third-order valence-electron chi connectivity index (χ3n) is 5.14. The molecule has 2 aromatic heterocycles. The van der Waals surface area contributed by atoms with E-state index >= 15 is 0 Å². The Morgan fingerprint density at radius 3 is 2.66 bits per heavy atom. The Hall–Kier alpha value is -3.01. The number of rotatable bonds is 5. The number of benzene rings is 1. The predicted molar refractivity (Wildman–Crippen MR) is 102 cm³/mol. The number of halogens is 3. The van der Waals surface area contributed by atoms with Crippen molar-refractivity contribution < 1.29 is 18.0 Å². The Morgan fingerprint density at radius 1 is 1.24 bits per heavy atom. The smallest absolute Gasteiger partial charge is 0.248 e. The molecule has 1 aliphatic rings. The van der Waals surface area contributed by atoms with Crippen LogP contribution in [0.3, 0.4) is 0 Å². The summed E-state index contributed by atoms with van der Waals surface area (Å²) >= 11 is 1.05. The molecule has 29 heavy (non-hydrogen) atoms. The fourth-order valence-corrected chi connectivity index (χ4v) is 4.43. The van der Waals surface area contributed by atoms with Gasteiger partial charge in [0.15, 0.2) is 5.01 Å². The molecule has 3 aromatic rings. The van der Waals surface area contributed by atoms with Crippen LogP contribution in [0.15, 0.2) is 36.5 Å². The van der Waals surface area contributed by atoms with Crippen LogP contribution in [0.4, 0.5) is 18.3 Å². The minimum Gasteiger partial charge on any atom is -0.366 e. The van der Waals surface area contributed by atoms with Gasteiger partial charge in [0, 0.05) is 37.2 Å². The van der Waals surface area contributed by atoms with Gasteiger partial charge in [-0.15, -0.1) is 10.2 Å². The fraction of sp³-hybridized carbons (Fsp3) is 0.263. The van der Waals surface area contributed by atoms with Crippen LogP contribution in [0.2, 0.25) is 0 Å². The Kier molecular flexibility index (Phi) is 4.73. The van der Waals surface area contributed by atoms with Crippen molar-refractivity contribution in [1.29, 1.82) is 0 Å². The Balaban J connectivity index is 1.72. The van der Waals surface area contributed by atoms with Gasteiger partial charge >= 0.3 is 0 Å². The van der Waals surface area contributed by atoms with Crippen molar-refractivity contribution in [3.8, 4) is 10.6 Å². The number of nitrogens with zero attached hydrogens (tertiary/aromatic N) is 4. The standard InChI is InChI=1S/C19H16F3N5OS/c1-27(19(8-11(20)9-19)15-14(22)3-2-6-24-15)18-26-25-17(29-18)12-7-10(16(23)28)4-5-13(12)21/h2-7,11H,8-9H2,1H3,(H2,23,28). The minimum absolute atomic E-state index is 0.0534. The quantitative estimate of drug-likeness (QED) is 0.685. The lowest BCUT2D eigenvalue weighted by molar-refractivity contribution is 0.0870. The molecule has 0 saturated heterocycles. The summed E-state index contributed by atoms with van der Waals surface area (Å²) < 4.78 is 42.5. The SMILES string of the molecule is CN(c1nnc(-c2cc(C(N)=O)ccc2F)s1)C1(c2ncccc2F)CC(F)C1. The highest BCUT2D eigenvalue weighted by molar-refractivity contribution is 7.18. The summed E-state index contributed by atoms with van der Waals surface area (Å²) in [5.41, 5.74) is 4.60. The van der Waals surface area contributed by atoms with Crippen molar-refractivity contribution in [2.45, 2.75) is 24.6 Å². The molecule has 0 aliphatic heterocycles. The molecule has 0 radical (unpaired) electrons. The van der Waals surface area contributed by atoms with Crippen LogP contribution in [-0.2, 0) is 5.54 Å². The molecule has 6 nitrogen and oxygen atoms in total. The third-order valence-corrected chi connectivity index (χ3v) is 6.18. The molecule has 10 heteroatoms. The van der Waals surface area contributed by atoms with Crippen molar-refractivity contribution in [3.05, 3.63) is 59.4 Å². The first-order valence-electron chi connectivity index (χ1n) is 8.74. The normalized spacial score (nSPS) is 20.9. The molecule has 0 bridgehead atoms. The highest BCUT2D eigenvalue weighted by Crippen LogP contribution is 2.49. The van der Waals surface area contributed by atoms with Gasteiger partial charge in [-0.3, -0.25) is 9.78 Å². The van der Waals surface area contributed by atoms with E-state index in [1.165, 1.54) is 30.5 Å². The lowest BCUT2D eigenvalue weighted by Gasteiger charge is -2.49. The second kappa shape index (κ2) is 7.11. The Morgan fingerprint density at radius 2 is 2.00 bits per heavy atom. The third kappa shape index (κ3) is 3.23. The molecule has 1 aromatic carbocycles. The summed E-state index contributed by atoms with van der Waals surface area (Å²) in [6.07, 6.45) is 0.474. The highest BCUT2D eigenvalue weighted by atomic mass is 32.1. The zero-order valence-corrected chi connectivity index (χ0v) is 16.1. The van der Waals surface area contributed by atoms with Crippen LogP contribution in [0.1, 0.15) is 28.9 Å². The molecule has 1 saturated carbocycles. The summed E-state index contributed by atoms with van der Waals surface area (Å²) in [6, 6.07) is 6.46. The molecule has 0 unspecified atom stereocenters. The number of amides is 1. The number of hydrogen-bond donors (Lipinski definition) is 1. The van der Waals surface area contributed by atoms with Gasteiger partial charge in [0.25, 0.3) is 0 Å². The van der Waals surface area contributed by atoms with Crippen molar-refractivity contribution in [1.82, 2.24) is 15.2 Å². The summed E-state index contributed by atoms with van der Waals surface area (Å²) in [4.78, 5) is 17.1. The Labute approximate surface area is 168 Å². The van der Waals surface area contributed by atoms with Gasteiger partial charge in [0.2, 0.25) is 11.0 Å². The van der Waals surface area contributed by atoms with Gasteiger partial charge in [0.1, 0.15) is 23.5 Å². The van der Waals surface area contributed by atoms with E-state index in [1.54, 1.807) is 11.9 Å². The fourth-order valence-electron chi connectivity index (χ4n) is 3.51. The average molecular weight is 419 g/mol. The van der Waals surface area contributed by atoms with Gasteiger partial charge in [0.05, 0.1) is 5.54 Å². The zero-order chi connectivity index (χ0) is 20.8. The van der Waals surface area contributed by atoms with Gasteiger partial charge in [-0.2, -0.15) is 0 Å². The van der Waals surface area contributed by atoms with Crippen LogP contribution in [-0.4, -0.2) is 34.3 Å². The zero-order valence-electron chi connectivity index (χ0n) is 15.3. The van der Waals surface area contributed by atoms with Gasteiger partial charge in [-0.1, -0.05) is 11.3 Å². The molecule has 2 heterocycles. The van der Waals surface area contributed by atoms with Crippen LogP contribution < -0.4 is 10.6 Å². The number of alkyl halides is 1. The summed E-state index contributed by atoms with van der Waals surface area (Å²) in [6.45, 7) is 0. The Bertz CT molecular complexity index is 1080. The van der Waals surface area contributed by atoms with Gasteiger partial charge in [-0.25, -0.2) is 13.2 Å². The summed E-state index contributed by atoms with van der Waals surface area (Å²) in [5.74, 6) is -1.81. The average Bonchev–Trinajstić information content (AvgIpc) is 3.15. The molecule has 4 rings (SSSR count). The van der Waals surface area contributed by atoms with Gasteiger partial charge in [-0.05, 0) is 30.3 Å². The van der Waals surface area contributed by atoms with Crippen LogP contribution >= 0.6 is 11.3 Å². The van der Waals surface area contributed by atoms with E-state index in [1.807, 2.05) is 0 Å². The van der Waals surface area contributed by atoms with Crippen LogP contribution in [0.25, 0.3) is 10.6 Å². The van der Waals surface area contributed by atoms with E-state index < -0.39 is 29.3 Å². The first kappa shape index (κ1) is 19.3. The molecular weight excluding hydrogens is 403 g/mol. The number of anilines is 1. The van der Waals surface area contributed by atoms with E-state index in [0.717, 1.165) is 17.4 Å². The summed E-state index contributed by atoms with van der Waals surface area (Å²) in [7, 11) is 1.65. The summed E-state index contributed by atoms with van der Waals surface area (Å²) in [5, 5.41) is 8.65. The number of nitrogens with two attached hydrogens (primary N) is 1. The number of primary amides is 1. The van der Waals surface area contributed by atoms with Crippen molar-refractivity contribution in [2.24, 2.45) is 5.73 Å². The van der Waals surface area contributed by atoms with Crippen molar-refractivity contribution in [3.63, 3.8) is 0 Å². The maximum absolute atomic E-state index is 14.4. The topological polar surface area (TPSA) is 85.0 Å². The molecule has 0 atom stereocenters. The molecule has 2 N–H and O–H groups in total. The monoisotopic (exact) mass is 419 g/mol. The van der Waals surface area contributed by atoms with E-state index in [-0.39, 0.29) is 34.7 Å². The number of pyridine rings is 1. The van der Waals surface area contributed by atoms with E-state index in [0.29, 0.717) is 5.13 Å². The molecule has 1 fully saturated rings. The molecule has 150 valence electrons. The van der Waals surface area contributed by atoms with Crippen LogP contribution in [0, 0.1) is 11.6 Å². The second-order valence-corrected chi connectivity index (χ2v) is 7.83. The molecular formula is C19H16F3N5OS. The first-order chi connectivity index (χ1) is 13.8. The maximum Gasteiger partial charge on any atom is 0.248 e. The largest absolute Gasteiger partial charge is 0.366 e. The van der Waals surface area contributed by atoms with E-state index in [2.05, 4.69) is 15.2 Å². The van der Waals surface area contributed by atoms with E-state index in [4.69, 9.17) is 5.73 Å². The molecule has 1 amide bonds. The maximum atomic E-state index is 14.4. The molecule has 0 spiro atoms. The first-order valence-corrected chi connectivity index (χ1v) is 9.55. The lowest BCUT2D eigenvalue weighted by atomic mass is 9.71. The predicted octanol–water partition coefficient (Wildman–Crippen LogP) is 3.44. The highest BCUT2D eigenvalue weighted by Gasteiger charge is 2.52. The number of carbonyl (C=O) groups is 1. The van der Waals surface area contributed by atoms with Crippen molar-refractivity contribution in [2.75, 3.05) is 11.9 Å². The number of carbonyl (C=O) groups excluding carboxylic acids is 1. The number of hydrogen-bond acceptors (Lipinski definition) is 6. The van der Waals surface area contributed by atoms with Crippen molar-refractivity contribution >= 4 is 22.4 Å². The van der Waals surface area contributed by atoms with Crippen LogP contribution in [0.5, 0.6) is 0 Å².